The monoisotopic (exact) mass is 492 g/mol. The minimum Gasteiger partial charge on any atom is -0.507 e. The zero-order valence-corrected chi connectivity index (χ0v) is 22.3. The molecule has 6 nitrogen and oxygen atoms in total. The van der Waals surface area contributed by atoms with E-state index in [9.17, 15) is 14.7 Å². The van der Waals surface area contributed by atoms with Crippen molar-refractivity contribution in [1.29, 1.82) is 0 Å². The van der Waals surface area contributed by atoms with Crippen molar-refractivity contribution in [2.75, 3.05) is 32.8 Å². The molecule has 2 aromatic rings. The van der Waals surface area contributed by atoms with Gasteiger partial charge in [0, 0.05) is 18.7 Å². The number of rotatable bonds is 12. The van der Waals surface area contributed by atoms with Crippen molar-refractivity contribution >= 4 is 17.4 Å². The van der Waals surface area contributed by atoms with Gasteiger partial charge in [0.2, 0.25) is 0 Å². The fraction of sp³-hybridized carbons (Fsp3) is 0.467. The van der Waals surface area contributed by atoms with Gasteiger partial charge in [0.1, 0.15) is 11.5 Å². The lowest BCUT2D eigenvalue weighted by Crippen LogP contribution is -2.38. The van der Waals surface area contributed by atoms with E-state index in [0.29, 0.717) is 25.3 Å². The van der Waals surface area contributed by atoms with Crippen LogP contribution in [0.25, 0.3) is 5.76 Å². The third-order valence-corrected chi connectivity index (χ3v) is 6.95. The van der Waals surface area contributed by atoms with Gasteiger partial charge in [-0.2, -0.15) is 0 Å². The molecule has 1 fully saturated rings. The lowest BCUT2D eigenvalue weighted by atomic mass is 9.93. The minimum atomic E-state index is -0.658. The molecule has 0 saturated carbocycles. The maximum absolute atomic E-state index is 13.3. The number of hydrogen-bond acceptors (Lipinski definition) is 5. The van der Waals surface area contributed by atoms with Crippen molar-refractivity contribution < 1.29 is 19.4 Å². The average molecular weight is 493 g/mol. The number of nitrogens with zero attached hydrogens (tertiary/aromatic N) is 2. The van der Waals surface area contributed by atoms with Gasteiger partial charge in [-0.25, -0.2) is 0 Å². The van der Waals surface area contributed by atoms with Gasteiger partial charge >= 0.3 is 0 Å². The molecule has 1 saturated heterocycles. The topological polar surface area (TPSA) is 70.1 Å². The summed E-state index contributed by atoms with van der Waals surface area (Å²) in [5.74, 6) is -0.578. The largest absolute Gasteiger partial charge is 0.507 e. The Morgan fingerprint density at radius 1 is 1.00 bits per heavy atom. The molecule has 1 heterocycles. The lowest BCUT2D eigenvalue weighted by Gasteiger charge is -2.28. The number of ether oxygens (including phenoxy) is 1. The standard InChI is InChI=1S/C30H40N2O4/c1-6-9-10-19-36-24-15-13-23(14-16-24)27-26(28(33)25-20-21(4)11-12-22(25)5)29(34)30(35)32(27)18-17-31(7-2)8-3/h11-16,20,27,33H,6-10,17-19H2,1-5H3/b28-26+. The van der Waals surface area contributed by atoms with E-state index in [4.69, 9.17) is 4.74 Å². The van der Waals surface area contributed by atoms with Crippen LogP contribution in [0.1, 0.15) is 68.3 Å². The molecule has 1 N–H and O–H groups in total. The van der Waals surface area contributed by atoms with Crippen LogP contribution in [0.2, 0.25) is 0 Å². The first-order chi connectivity index (χ1) is 17.3. The highest BCUT2D eigenvalue weighted by atomic mass is 16.5. The third-order valence-electron chi connectivity index (χ3n) is 6.95. The quantitative estimate of drug-likeness (QED) is 0.180. The summed E-state index contributed by atoms with van der Waals surface area (Å²) in [6.45, 7) is 13.6. The molecular formula is C30H40N2O4. The number of unbranched alkanes of at least 4 members (excludes halogenated alkanes) is 2. The van der Waals surface area contributed by atoms with E-state index < -0.39 is 17.7 Å². The highest BCUT2D eigenvalue weighted by Crippen LogP contribution is 2.40. The number of amides is 1. The predicted molar refractivity (Wildman–Crippen MR) is 144 cm³/mol. The molecule has 3 rings (SSSR count). The van der Waals surface area contributed by atoms with Crippen molar-refractivity contribution in [2.24, 2.45) is 0 Å². The molecule has 1 atom stereocenters. The van der Waals surface area contributed by atoms with Crippen LogP contribution in [-0.4, -0.2) is 59.4 Å². The van der Waals surface area contributed by atoms with Crippen molar-refractivity contribution in [1.82, 2.24) is 9.80 Å². The number of Topliss-reactive ketones (excluding diaryl/α,β-unsaturated/α-hetero) is 1. The molecule has 0 bridgehead atoms. The molecule has 0 radical (unpaired) electrons. The second-order valence-electron chi connectivity index (χ2n) is 9.46. The Labute approximate surface area is 215 Å². The summed E-state index contributed by atoms with van der Waals surface area (Å²) in [7, 11) is 0. The molecule has 0 spiro atoms. The van der Waals surface area contributed by atoms with Gasteiger partial charge in [0.15, 0.2) is 0 Å². The molecule has 36 heavy (non-hydrogen) atoms. The number of benzene rings is 2. The minimum absolute atomic E-state index is 0.121. The van der Waals surface area contributed by atoms with Gasteiger partial charge in [-0.05, 0) is 62.7 Å². The number of carbonyl (C=O) groups excluding carboxylic acids is 2. The molecule has 1 amide bonds. The average Bonchev–Trinajstić information content (AvgIpc) is 3.13. The van der Waals surface area contributed by atoms with Crippen LogP contribution < -0.4 is 4.74 Å². The van der Waals surface area contributed by atoms with Gasteiger partial charge < -0.3 is 19.6 Å². The van der Waals surface area contributed by atoms with E-state index in [-0.39, 0.29) is 11.3 Å². The molecule has 1 unspecified atom stereocenters. The van der Waals surface area contributed by atoms with Gasteiger partial charge in [0.05, 0.1) is 18.2 Å². The van der Waals surface area contributed by atoms with Gasteiger partial charge in [0.25, 0.3) is 11.7 Å². The number of likely N-dealkylation sites (tertiary alicyclic amines) is 1. The second kappa shape index (κ2) is 12.7. The zero-order valence-electron chi connectivity index (χ0n) is 22.3. The number of likely N-dealkylation sites (N-methyl/N-ethyl adjacent to an activating group) is 1. The van der Waals surface area contributed by atoms with Crippen LogP contribution >= 0.6 is 0 Å². The van der Waals surface area contributed by atoms with Gasteiger partial charge in [-0.1, -0.05) is 63.4 Å². The highest BCUT2D eigenvalue weighted by molar-refractivity contribution is 6.46. The predicted octanol–water partition coefficient (Wildman–Crippen LogP) is 5.64. The first kappa shape index (κ1) is 27.5. The molecule has 194 valence electrons. The number of carbonyl (C=O) groups is 2. The SMILES string of the molecule is CCCCCOc1ccc(C2/C(=C(\O)c3cc(C)ccc3C)C(=O)C(=O)N2CCN(CC)CC)cc1. The van der Waals surface area contributed by atoms with Crippen molar-refractivity contribution in [3.05, 3.63) is 70.3 Å². The van der Waals surface area contributed by atoms with E-state index >= 15 is 0 Å². The Morgan fingerprint density at radius 2 is 1.69 bits per heavy atom. The van der Waals surface area contributed by atoms with Crippen molar-refractivity contribution in [3.63, 3.8) is 0 Å². The van der Waals surface area contributed by atoms with Crippen LogP contribution in [0.3, 0.4) is 0 Å². The number of hydrogen-bond donors (Lipinski definition) is 1. The van der Waals surface area contributed by atoms with E-state index in [0.717, 1.165) is 54.8 Å². The van der Waals surface area contributed by atoms with E-state index in [1.807, 2.05) is 56.3 Å². The van der Waals surface area contributed by atoms with Crippen LogP contribution in [0.15, 0.2) is 48.0 Å². The fourth-order valence-electron chi connectivity index (χ4n) is 4.67. The summed E-state index contributed by atoms with van der Waals surface area (Å²) in [5, 5.41) is 11.4. The second-order valence-corrected chi connectivity index (χ2v) is 9.46. The molecule has 1 aliphatic rings. The maximum Gasteiger partial charge on any atom is 0.295 e. The number of aliphatic hydroxyl groups is 1. The first-order valence-corrected chi connectivity index (χ1v) is 13.1. The summed E-state index contributed by atoms with van der Waals surface area (Å²) in [4.78, 5) is 30.4. The number of aliphatic hydroxyl groups excluding tert-OH is 1. The molecule has 0 aromatic heterocycles. The van der Waals surface area contributed by atoms with E-state index in [2.05, 4.69) is 25.7 Å². The Hall–Kier alpha value is -3.12. The molecule has 6 heteroatoms. The van der Waals surface area contributed by atoms with E-state index in [1.54, 1.807) is 4.90 Å². The molecule has 2 aromatic carbocycles. The van der Waals surface area contributed by atoms with Gasteiger partial charge in [-0.15, -0.1) is 0 Å². The Balaban J connectivity index is 2.02. The highest BCUT2D eigenvalue weighted by Gasteiger charge is 2.46. The van der Waals surface area contributed by atoms with Crippen molar-refractivity contribution in [2.45, 2.75) is 59.9 Å². The van der Waals surface area contributed by atoms with Crippen LogP contribution in [0.5, 0.6) is 5.75 Å². The lowest BCUT2D eigenvalue weighted by molar-refractivity contribution is -0.140. The van der Waals surface area contributed by atoms with Crippen molar-refractivity contribution in [3.8, 4) is 5.75 Å². The van der Waals surface area contributed by atoms with Crippen LogP contribution in [-0.2, 0) is 9.59 Å². The molecule has 1 aliphatic heterocycles. The first-order valence-electron chi connectivity index (χ1n) is 13.1. The van der Waals surface area contributed by atoms with Crippen LogP contribution in [0, 0.1) is 13.8 Å². The number of aryl methyl sites for hydroxylation is 2. The normalized spacial score (nSPS) is 17.3. The Morgan fingerprint density at radius 3 is 2.33 bits per heavy atom. The summed E-state index contributed by atoms with van der Waals surface area (Å²) < 4.78 is 5.86. The summed E-state index contributed by atoms with van der Waals surface area (Å²) >= 11 is 0. The fourth-order valence-corrected chi connectivity index (χ4v) is 4.67. The Bertz CT molecular complexity index is 1090. The van der Waals surface area contributed by atoms with E-state index in [1.165, 1.54) is 0 Å². The molecule has 0 aliphatic carbocycles. The number of ketones is 1. The zero-order chi connectivity index (χ0) is 26.2. The molecular weight excluding hydrogens is 452 g/mol. The summed E-state index contributed by atoms with van der Waals surface area (Å²) in [6, 6.07) is 12.6. The third kappa shape index (κ3) is 6.16. The van der Waals surface area contributed by atoms with Crippen LogP contribution in [0.4, 0.5) is 0 Å². The maximum atomic E-state index is 13.3. The smallest absolute Gasteiger partial charge is 0.295 e. The van der Waals surface area contributed by atoms with Gasteiger partial charge in [-0.3, -0.25) is 9.59 Å². The summed E-state index contributed by atoms with van der Waals surface area (Å²) in [5.41, 5.74) is 3.32. The summed E-state index contributed by atoms with van der Waals surface area (Å²) in [6.07, 6.45) is 3.26. The Kier molecular flexibility index (Phi) is 9.71.